The summed E-state index contributed by atoms with van der Waals surface area (Å²) >= 11 is 0. The average Bonchev–Trinajstić information content (AvgIpc) is 3.39. The molecule has 1 aliphatic rings. The van der Waals surface area contributed by atoms with Crippen molar-refractivity contribution < 1.29 is 23.1 Å². The highest BCUT2D eigenvalue weighted by Gasteiger charge is 2.26. The maximum Gasteiger partial charge on any atom is 0.387 e. The molecule has 0 saturated heterocycles. The minimum Gasteiger partial charge on any atom is -0.433 e. The van der Waals surface area contributed by atoms with Crippen LogP contribution in [0.15, 0.2) is 40.9 Å². The fourth-order valence-electron chi connectivity index (χ4n) is 3.71. The van der Waals surface area contributed by atoms with Gasteiger partial charge in [0.25, 0.3) is 5.89 Å². The molecule has 0 saturated carbocycles. The van der Waals surface area contributed by atoms with Gasteiger partial charge in [-0.3, -0.25) is 0 Å². The molecular formula is C21H19ClF2N4O3. The van der Waals surface area contributed by atoms with Gasteiger partial charge in [-0.15, -0.1) is 12.4 Å². The molecular weight excluding hydrogens is 430 g/mol. The summed E-state index contributed by atoms with van der Waals surface area (Å²) in [5, 5.41) is 25.7. The van der Waals surface area contributed by atoms with Crippen molar-refractivity contribution in [1.29, 1.82) is 5.26 Å². The molecule has 0 unspecified atom stereocenters. The summed E-state index contributed by atoms with van der Waals surface area (Å²) in [4.78, 5) is 4.44. The van der Waals surface area contributed by atoms with E-state index >= 15 is 0 Å². The van der Waals surface area contributed by atoms with Crippen LogP contribution in [0, 0.1) is 11.3 Å². The maximum atomic E-state index is 12.5. The second-order valence-corrected chi connectivity index (χ2v) is 6.77. The van der Waals surface area contributed by atoms with Crippen LogP contribution in [-0.4, -0.2) is 35.0 Å². The number of nitrogens with one attached hydrogen (secondary N) is 1. The molecule has 0 amide bonds. The second-order valence-electron chi connectivity index (χ2n) is 6.77. The normalized spacial score (nSPS) is 14.7. The zero-order chi connectivity index (χ0) is 21.1. The van der Waals surface area contributed by atoms with Crippen molar-refractivity contribution in [2.24, 2.45) is 0 Å². The SMILES string of the molecule is Cl.N#Cc1cc(-c2nc(-c3cccc4c3CC[C@@H]4NCCO)no2)ccc1OC(F)F. The Balaban J connectivity index is 0.00000272. The van der Waals surface area contributed by atoms with Crippen LogP contribution >= 0.6 is 12.4 Å². The number of aromatic nitrogens is 2. The lowest BCUT2D eigenvalue weighted by molar-refractivity contribution is -0.0500. The van der Waals surface area contributed by atoms with Gasteiger partial charge in [-0.25, -0.2) is 0 Å². The van der Waals surface area contributed by atoms with Gasteiger partial charge in [0, 0.05) is 23.7 Å². The summed E-state index contributed by atoms with van der Waals surface area (Å²) in [6, 6.07) is 12.0. The Labute approximate surface area is 183 Å². The Kier molecular flexibility index (Phi) is 7.17. The second kappa shape index (κ2) is 9.83. The van der Waals surface area contributed by atoms with Crippen LogP contribution < -0.4 is 10.1 Å². The van der Waals surface area contributed by atoms with Gasteiger partial charge < -0.3 is 19.7 Å². The van der Waals surface area contributed by atoms with Crippen molar-refractivity contribution in [3.63, 3.8) is 0 Å². The van der Waals surface area contributed by atoms with E-state index < -0.39 is 6.61 Å². The molecule has 4 rings (SSSR count). The molecule has 7 nitrogen and oxygen atoms in total. The molecule has 162 valence electrons. The highest BCUT2D eigenvalue weighted by molar-refractivity contribution is 5.85. The molecule has 3 aromatic rings. The average molecular weight is 449 g/mol. The van der Waals surface area contributed by atoms with Crippen LogP contribution in [0.4, 0.5) is 8.78 Å². The molecule has 0 spiro atoms. The number of aliphatic hydroxyl groups excluding tert-OH is 1. The zero-order valence-corrected chi connectivity index (χ0v) is 17.0. The van der Waals surface area contributed by atoms with Gasteiger partial charge in [0.2, 0.25) is 5.82 Å². The summed E-state index contributed by atoms with van der Waals surface area (Å²) in [7, 11) is 0. The Bertz CT molecular complexity index is 1100. The number of nitrogens with zero attached hydrogens (tertiary/aromatic N) is 3. The first-order valence-corrected chi connectivity index (χ1v) is 9.40. The van der Waals surface area contributed by atoms with E-state index in [0.29, 0.717) is 17.9 Å². The number of fused-ring (bicyclic) bond motifs is 1. The van der Waals surface area contributed by atoms with E-state index in [2.05, 4.69) is 20.2 Å². The molecule has 2 N–H and O–H groups in total. The van der Waals surface area contributed by atoms with Crippen LogP contribution in [0.2, 0.25) is 0 Å². The minimum absolute atomic E-state index is 0. The molecule has 1 atom stereocenters. The Morgan fingerprint density at radius 1 is 1.32 bits per heavy atom. The molecule has 0 aliphatic heterocycles. The number of alkyl halides is 2. The predicted octanol–water partition coefficient (Wildman–Crippen LogP) is 3.87. The van der Waals surface area contributed by atoms with Gasteiger partial charge >= 0.3 is 6.61 Å². The van der Waals surface area contributed by atoms with Crippen molar-refractivity contribution in [2.45, 2.75) is 25.5 Å². The first kappa shape index (κ1) is 22.6. The molecule has 31 heavy (non-hydrogen) atoms. The Hall–Kier alpha value is -3.06. The molecule has 1 aromatic heterocycles. The third-order valence-corrected chi connectivity index (χ3v) is 5.00. The zero-order valence-electron chi connectivity index (χ0n) is 16.2. The summed E-state index contributed by atoms with van der Waals surface area (Å²) in [6.07, 6.45) is 1.75. The number of rotatable bonds is 7. The number of hydrogen-bond donors (Lipinski definition) is 2. The lowest BCUT2D eigenvalue weighted by Gasteiger charge is -2.13. The van der Waals surface area contributed by atoms with Crippen LogP contribution in [0.25, 0.3) is 22.8 Å². The van der Waals surface area contributed by atoms with E-state index in [1.54, 1.807) is 0 Å². The molecule has 0 bridgehead atoms. The van der Waals surface area contributed by atoms with Gasteiger partial charge in [-0.2, -0.15) is 19.0 Å². The van der Waals surface area contributed by atoms with Gasteiger partial charge in [-0.05, 0) is 42.2 Å². The van der Waals surface area contributed by atoms with E-state index in [0.717, 1.165) is 29.5 Å². The number of nitriles is 1. The van der Waals surface area contributed by atoms with Crippen LogP contribution in [0.5, 0.6) is 5.75 Å². The van der Waals surface area contributed by atoms with Gasteiger partial charge in [-0.1, -0.05) is 23.4 Å². The molecule has 10 heteroatoms. The quantitative estimate of drug-likeness (QED) is 0.565. The first-order chi connectivity index (χ1) is 14.6. The van der Waals surface area contributed by atoms with Crippen molar-refractivity contribution in [1.82, 2.24) is 15.5 Å². The van der Waals surface area contributed by atoms with Crippen LogP contribution in [-0.2, 0) is 6.42 Å². The summed E-state index contributed by atoms with van der Waals surface area (Å²) in [5.41, 5.74) is 3.51. The Morgan fingerprint density at radius 3 is 2.90 bits per heavy atom. The largest absolute Gasteiger partial charge is 0.433 e. The van der Waals surface area contributed by atoms with Crippen molar-refractivity contribution in [3.05, 3.63) is 53.1 Å². The number of halogens is 3. The molecule has 0 radical (unpaired) electrons. The van der Waals surface area contributed by atoms with Gasteiger partial charge in [0.05, 0.1) is 12.2 Å². The fourth-order valence-corrected chi connectivity index (χ4v) is 3.71. The summed E-state index contributed by atoms with van der Waals surface area (Å²) < 4.78 is 34.6. The monoisotopic (exact) mass is 448 g/mol. The van der Waals surface area contributed by atoms with Crippen molar-refractivity contribution in [2.75, 3.05) is 13.2 Å². The Morgan fingerprint density at radius 2 is 2.16 bits per heavy atom. The molecule has 1 heterocycles. The van der Waals surface area contributed by atoms with E-state index in [1.165, 1.54) is 18.2 Å². The molecule has 2 aromatic carbocycles. The molecule has 1 aliphatic carbocycles. The first-order valence-electron chi connectivity index (χ1n) is 9.40. The topological polar surface area (TPSA) is 104 Å². The smallest absolute Gasteiger partial charge is 0.387 e. The summed E-state index contributed by atoms with van der Waals surface area (Å²) in [6.45, 7) is -2.42. The maximum absolute atomic E-state index is 12.5. The van der Waals surface area contributed by atoms with E-state index in [-0.39, 0.29) is 42.3 Å². The summed E-state index contributed by atoms with van der Waals surface area (Å²) in [5.74, 6) is 0.380. The van der Waals surface area contributed by atoms with E-state index in [4.69, 9.17) is 9.63 Å². The lowest BCUT2D eigenvalue weighted by atomic mass is 10.0. The minimum atomic E-state index is -3.02. The standard InChI is InChI=1S/C21H18F2N4O3.ClH/c22-21(23)29-18-7-4-12(10-13(18)11-24)20-26-19(27-30-20)16-3-1-2-15-14(16)5-6-17(15)25-8-9-28;/h1-4,7,10,17,21,25,28H,5-6,8-9H2;1H/t17-;/m0./s1. The van der Waals surface area contributed by atoms with Gasteiger partial charge in [0.15, 0.2) is 0 Å². The van der Waals surface area contributed by atoms with E-state index in [9.17, 15) is 14.0 Å². The number of ether oxygens (including phenoxy) is 1. The van der Waals surface area contributed by atoms with E-state index in [1.807, 2.05) is 24.3 Å². The van der Waals surface area contributed by atoms with Crippen molar-refractivity contribution in [3.8, 4) is 34.7 Å². The number of benzene rings is 2. The molecule has 0 fully saturated rings. The fraction of sp³-hybridized carbons (Fsp3) is 0.286. The third kappa shape index (κ3) is 4.66. The lowest BCUT2D eigenvalue weighted by Crippen LogP contribution is -2.22. The third-order valence-electron chi connectivity index (χ3n) is 5.00. The highest BCUT2D eigenvalue weighted by atomic mass is 35.5. The van der Waals surface area contributed by atoms with Gasteiger partial charge in [0.1, 0.15) is 11.8 Å². The predicted molar refractivity (Wildman–Crippen MR) is 110 cm³/mol. The van der Waals surface area contributed by atoms with Crippen LogP contribution in [0.3, 0.4) is 0 Å². The number of aliphatic hydroxyl groups is 1. The van der Waals surface area contributed by atoms with Crippen LogP contribution in [0.1, 0.15) is 29.2 Å². The number of hydrogen-bond acceptors (Lipinski definition) is 7. The van der Waals surface area contributed by atoms with Crippen molar-refractivity contribution >= 4 is 12.4 Å². The highest BCUT2D eigenvalue weighted by Crippen LogP contribution is 2.37.